The molecule has 102 valence electrons. The van der Waals surface area contributed by atoms with Gasteiger partial charge in [0.15, 0.2) is 0 Å². The second-order valence-corrected chi connectivity index (χ2v) is 5.40. The van der Waals surface area contributed by atoms with Gasteiger partial charge in [-0.2, -0.15) is 0 Å². The molecular weight excluding hydrogens is 238 g/mol. The van der Waals surface area contributed by atoms with E-state index >= 15 is 0 Å². The first kappa shape index (κ1) is 13.7. The van der Waals surface area contributed by atoms with Gasteiger partial charge in [-0.3, -0.25) is 0 Å². The summed E-state index contributed by atoms with van der Waals surface area (Å²) in [5.41, 5.74) is 4.42. The average Bonchev–Trinajstić information content (AvgIpc) is 2.36. The van der Waals surface area contributed by atoms with Gasteiger partial charge < -0.3 is 10.0 Å². The molecule has 0 radical (unpaired) electrons. The van der Waals surface area contributed by atoms with Gasteiger partial charge in [-0.15, -0.1) is 0 Å². The highest BCUT2D eigenvalue weighted by molar-refractivity contribution is 5.90. The molecule has 1 heterocycles. The summed E-state index contributed by atoms with van der Waals surface area (Å²) in [4.78, 5) is 13.2. The van der Waals surface area contributed by atoms with Crippen LogP contribution in [0.3, 0.4) is 0 Å². The molecule has 0 fully saturated rings. The molecule has 0 amide bonds. The standard InChI is InChI=1S/C16H21NO2/c1-11(2)17-8-4-5-13-6-7-14(10-15(13)17)12(3)9-16(18)19/h6-7,9-11H,4-5,8H2,1-3H3,(H,18,19). The van der Waals surface area contributed by atoms with Crippen LogP contribution >= 0.6 is 0 Å². The first-order chi connectivity index (χ1) is 8.99. The van der Waals surface area contributed by atoms with Gasteiger partial charge in [0.25, 0.3) is 0 Å². The number of rotatable bonds is 3. The lowest BCUT2D eigenvalue weighted by Crippen LogP contribution is -2.35. The van der Waals surface area contributed by atoms with Crippen LogP contribution in [0.5, 0.6) is 0 Å². The topological polar surface area (TPSA) is 40.5 Å². The maximum absolute atomic E-state index is 10.8. The predicted molar refractivity (Wildman–Crippen MR) is 78.5 cm³/mol. The van der Waals surface area contributed by atoms with E-state index in [1.165, 1.54) is 23.7 Å². The van der Waals surface area contributed by atoms with Crippen LogP contribution in [0.15, 0.2) is 24.3 Å². The molecule has 0 saturated heterocycles. The number of carbonyl (C=O) groups is 1. The fourth-order valence-corrected chi connectivity index (χ4v) is 2.65. The van der Waals surface area contributed by atoms with Crippen LogP contribution < -0.4 is 4.90 Å². The van der Waals surface area contributed by atoms with Crippen molar-refractivity contribution in [3.63, 3.8) is 0 Å². The average molecular weight is 259 g/mol. The van der Waals surface area contributed by atoms with Crippen molar-refractivity contribution in [2.24, 2.45) is 0 Å². The third-order valence-electron chi connectivity index (χ3n) is 3.66. The van der Waals surface area contributed by atoms with Gasteiger partial charge in [0.2, 0.25) is 0 Å². The SMILES string of the molecule is CC(=CC(=O)O)c1ccc2c(c1)N(C(C)C)CCC2. The molecule has 1 aliphatic heterocycles. The lowest BCUT2D eigenvalue weighted by Gasteiger charge is -2.35. The molecule has 0 unspecified atom stereocenters. The second kappa shape index (κ2) is 5.47. The van der Waals surface area contributed by atoms with Crippen LogP contribution in [-0.4, -0.2) is 23.7 Å². The normalized spacial score (nSPS) is 15.6. The fraction of sp³-hybridized carbons (Fsp3) is 0.438. The van der Waals surface area contributed by atoms with E-state index in [4.69, 9.17) is 5.11 Å². The number of carboxylic acids is 1. The Morgan fingerprint density at radius 1 is 1.42 bits per heavy atom. The Morgan fingerprint density at radius 3 is 2.79 bits per heavy atom. The van der Waals surface area contributed by atoms with Gasteiger partial charge in [0.1, 0.15) is 0 Å². The number of aryl methyl sites for hydroxylation is 1. The summed E-state index contributed by atoms with van der Waals surface area (Å²) >= 11 is 0. The lowest BCUT2D eigenvalue weighted by molar-refractivity contribution is -0.131. The molecule has 19 heavy (non-hydrogen) atoms. The van der Waals surface area contributed by atoms with Crippen molar-refractivity contribution in [1.29, 1.82) is 0 Å². The fourth-order valence-electron chi connectivity index (χ4n) is 2.65. The van der Waals surface area contributed by atoms with Crippen molar-refractivity contribution in [3.05, 3.63) is 35.4 Å². The summed E-state index contributed by atoms with van der Waals surface area (Å²) in [7, 11) is 0. The Morgan fingerprint density at radius 2 is 2.16 bits per heavy atom. The molecule has 0 spiro atoms. The van der Waals surface area contributed by atoms with Crippen LogP contribution in [-0.2, 0) is 11.2 Å². The van der Waals surface area contributed by atoms with Gasteiger partial charge in [-0.25, -0.2) is 4.79 Å². The number of anilines is 1. The quantitative estimate of drug-likeness (QED) is 0.846. The van der Waals surface area contributed by atoms with Crippen molar-refractivity contribution in [1.82, 2.24) is 0 Å². The minimum absolute atomic E-state index is 0.470. The number of hydrogen-bond acceptors (Lipinski definition) is 2. The highest BCUT2D eigenvalue weighted by Gasteiger charge is 2.19. The summed E-state index contributed by atoms with van der Waals surface area (Å²) in [5.74, 6) is -0.893. The monoisotopic (exact) mass is 259 g/mol. The molecule has 1 aromatic rings. The van der Waals surface area contributed by atoms with Gasteiger partial charge in [0, 0.05) is 24.4 Å². The lowest BCUT2D eigenvalue weighted by atomic mass is 9.96. The second-order valence-electron chi connectivity index (χ2n) is 5.40. The van der Waals surface area contributed by atoms with E-state index in [2.05, 4.69) is 30.9 Å². The molecule has 0 aliphatic carbocycles. The molecule has 2 rings (SSSR count). The predicted octanol–water partition coefficient (Wildman–Crippen LogP) is 3.34. The van der Waals surface area contributed by atoms with E-state index in [-0.39, 0.29) is 0 Å². The van der Waals surface area contributed by atoms with Crippen LogP contribution in [0.4, 0.5) is 5.69 Å². The molecular formula is C16H21NO2. The molecule has 0 bridgehead atoms. The van der Waals surface area contributed by atoms with Gasteiger partial charge in [0.05, 0.1) is 0 Å². The maximum atomic E-state index is 10.8. The summed E-state index contributed by atoms with van der Waals surface area (Å²) in [6, 6.07) is 6.76. The first-order valence-electron chi connectivity index (χ1n) is 6.80. The first-order valence-corrected chi connectivity index (χ1v) is 6.80. The number of allylic oxidation sites excluding steroid dienone is 1. The van der Waals surface area contributed by atoms with E-state index < -0.39 is 5.97 Å². The molecule has 1 aromatic carbocycles. The van der Waals surface area contributed by atoms with Crippen LogP contribution in [0.2, 0.25) is 0 Å². The Hall–Kier alpha value is -1.77. The summed E-state index contributed by atoms with van der Waals surface area (Å²) in [6.07, 6.45) is 3.57. The summed E-state index contributed by atoms with van der Waals surface area (Å²) in [6.45, 7) is 7.32. The highest BCUT2D eigenvalue weighted by atomic mass is 16.4. The zero-order valence-corrected chi connectivity index (χ0v) is 11.8. The van der Waals surface area contributed by atoms with Crippen molar-refractivity contribution >= 4 is 17.2 Å². The van der Waals surface area contributed by atoms with Crippen LogP contribution in [0.25, 0.3) is 5.57 Å². The van der Waals surface area contributed by atoms with Crippen molar-refractivity contribution in [2.75, 3.05) is 11.4 Å². The number of fused-ring (bicyclic) bond motifs is 1. The van der Waals surface area contributed by atoms with Crippen molar-refractivity contribution < 1.29 is 9.90 Å². The molecule has 0 aromatic heterocycles. The largest absolute Gasteiger partial charge is 0.478 e. The van der Waals surface area contributed by atoms with Crippen molar-refractivity contribution in [2.45, 2.75) is 39.7 Å². The molecule has 1 aliphatic rings. The van der Waals surface area contributed by atoms with Gasteiger partial charge in [-0.05, 0) is 56.4 Å². The maximum Gasteiger partial charge on any atom is 0.328 e. The van der Waals surface area contributed by atoms with Gasteiger partial charge >= 0.3 is 5.97 Å². The van der Waals surface area contributed by atoms with Crippen LogP contribution in [0, 0.1) is 0 Å². The summed E-state index contributed by atoms with van der Waals surface area (Å²) in [5, 5.41) is 8.84. The zero-order valence-electron chi connectivity index (χ0n) is 11.8. The van der Waals surface area contributed by atoms with Gasteiger partial charge in [-0.1, -0.05) is 12.1 Å². The number of aliphatic carboxylic acids is 1. The Bertz CT molecular complexity index is 517. The van der Waals surface area contributed by atoms with E-state index in [1.807, 2.05) is 13.0 Å². The van der Waals surface area contributed by atoms with Crippen LogP contribution in [0.1, 0.15) is 38.3 Å². The summed E-state index contributed by atoms with van der Waals surface area (Å²) < 4.78 is 0. The van der Waals surface area contributed by atoms with E-state index in [0.29, 0.717) is 6.04 Å². The Balaban J connectivity index is 2.41. The third kappa shape index (κ3) is 2.98. The highest BCUT2D eigenvalue weighted by Crippen LogP contribution is 2.31. The van der Waals surface area contributed by atoms with E-state index in [1.54, 1.807) is 0 Å². The molecule has 3 heteroatoms. The number of benzene rings is 1. The molecule has 1 N–H and O–H groups in total. The smallest absolute Gasteiger partial charge is 0.328 e. The number of nitrogens with zero attached hydrogens (tertiary/aromatic N) is 1. The van der Waals surface area contributed by atoms with Crippen molar-refractivity contribution in [3.8, 4) is 0 Å². The third-order valence-corrected chi connectivity index (χ3v) is 3.66. The Kier molecular flexibility index (Phi) is 3.93. The Labute approximate surface area is 114 Å². The number of hydrogen-bond donors (Lipinski definition) is 1. The van der Waals surface area contributed by atoms with E-state index in [9.17, 15) is 4.79 Å². The zero-order chi connectivity index (χ0) is 14.0. The molecule has 0 saturated carbocycles. The number of carboxylic acid groups (broad SMARTS) is 1. The minimum atomic E-state index is -0.893. The minimum Gasteiger partial charge on any atom is -0.478 e. The molecule has 3 nitrogen and oxygen atoms in total. The molecule has 0 atom stereocenters. The van der Waals surface area contributed by atoms with E-state index in [0.717, 1.165) is 24.1 Å².